The maximum absolute atomic E-state index is 4.35. The smallest absolute Gasteiger partial charge is 0.116 e. The molecule has 4 nitrogen and oxygen atoms in total. The molecule has 2 aromatic rings. The van der Waals surface area contributed by atoms with Crippen LogP contribution >= 0.6 is 0 Å². The molecule has 0 amide bonds. The van der Waals surface area contributed by atoms with E-state index in [-0.39, 0.29) is 0 Å². The lowest BCUT2D eigenvalue weighted by atomic mass is 10.2. The molecular formula is C11H14N4. The standard InChI is InChI=1S/C11H14N4/c1-15(2)7-3-8-9(4-7)14-10-5-12-6-13-11(8)10/h5-7,14H,3-4H2,1-2H3/t7-/m0/s1. The van der Waals surface area contributed by atoms with Gasteiger partial charge in [0.25, 0.3) is 0 Å². The normalized spacial score (nSPS) is 20.1. The molecule has 0 aliphatic heterocycles. The summed E-state index contributed by atoms with van der Waals surface area (Å²) >= 11 is 0. The first-order chi connectivity index (χ1) is 7.25. The number of aromatic amines is 1. The van der Waals surface area contributed by atoms with Gasteiger partial charge in [-0.15, -0.1) is 0 Å². The molecule has 0 radical (unpaired) electrons. The number of fused-ring (bicyclic) bond motifs is 3. The highest BCUT2D eigenvalue weighted by Crippen LogP contribution is 2.29. The summed E-state index contributed by atoms with van der Waals surface area (Å²) in [5.41, 5.74) is 4.89. The summed E-state index contributed by atoms with van der Waals surface area (Å²) in [5, 5.41) is 0. The first-order valence-corrected chi connectivity index (χ1v) is 5.21. The minimum Gasteiger partial charge on any atom is -0.356 e. The van der Waals surface area contributed by atoms with Gasteiger partial charge in [-0.25, -0.2) is 9.97 Å². The van der Waals surface area contributed by atoms with Crippen LogP contribution in [0.5, 0.6) is 0 Å². The second kappa shape index (κ2) is 3.03. The molecule has 15 heavy (non-hydrogen) atoms. The zero-order chi connectivity index (χ0) is 10.4. The highest BCUT2D eigenvalue weighted by Gasteiger charge is 2.27. The molecule has 0 unspecified atom stereocenters. The number of H-pyrrole nitrogens is 1. The summed E-state index contributed by atoms with van der Waals surface area (Å²) < 4.78 is 0. The Labute approximate surface area is 88.3 Å². The fourth-order valence-electron chi connectivity index (χ4n) is 2.35. The Balaban J connectivity index is 2.08. The van der Waals surface area contributed by atoms with E-state index in [1.165, 1.54) is 11.3 Å². The Morgan fingerprint density at radius 1 is 1.40 bits per heavy atom. The Morgan fingerprint density at radius 2 is 2.27 bits per heavy atom. The first-order valence-electron chi connectivity index (χ1n) is 5.21. The van der Waals surface area contributed by atoms with E-state index in [0.29, 0.717) is 6.04 Å². The van der Waals surface area contributed by atoms with E-state index >= 15 is 0 Å². The van der Waals surface area contributed by atoms with Gasteiger partial charge in [-0.2, -0.15) is 0 Å². The van der Waals surface area contributed by atoms with Gasteiger partial charge in [-0.05, 0) is 20.5 Å². The molecular weight excluding hydrogens is 188 g/mol. The van der Waals surface area contributed by atoms with Crippen molar-refractivity contribution < 1.29 is 0 Å². The van der Waals surface area contributed by atoms with Crippen LogP contribution in [0.25, 0.3) is 11.0 Å². The van der Waals surface area contributed by atoms with Crippen molar-refractivity contribution in [1.82, 2.24) is 19.9 Å². The maximum Gasteiger partial charge on any atom is 0.116 e. The molecule has 1 aliphatic rings. The van der Waals surface area contributed by atoms with Gasteiger partial charge in [0.1, 0.15) is 6.33 Å². The molecule has 2 heterocycles. The number of hydrogen-bond donors (Lipinski definition) is 1. The van der Waals surface area contributed by atoms with Crippen molar-refractivity contribution >= 4 is 11.0 Å². The quantitative estimate of drug-likeness (QED) is 0.750. The molecule has 0 bridgehead atoms. The van der Waals surface area contributed by atoms with Crippen molar-refractivity contribution in [2.75, 3.05) is 14.1 Å². The summed E-state index contributed by atoms with van der Waals surface area (Å²) in [5.74, 6) is 0. The number of rotatable bonds is 1. The van der Waals surface area contributed by atoms with Gasteiger partial charge in [0, 0.05) is 23.7 Å². The number of likely N-dealkylation sites (N-methyl/N-ethyl adjacent to an activating group) is 1. The molecule has 78 valence electrons. The molecule has 1 aliphatic carbocycles. The monoisotopic (exact) mass is 202 g/mol. The number of nitrogens with one attached hydrogen (secondary N) is 1. The molecule has 4 heteroatoms. The van der Waals surface area contributed by atoms with Crippen LogP contribution in [-0.2, 0) is 12.8 Å². The summed E-state index contributed by atoms with van der Waals surface area (Å²) in [7, 11) is 4.27. The summed E-state index contributed by atoms with van der Waals surface area (Å²) in [4.78, 5) is 14.1. The third kappa shape index (κ3) is 1.25. The van der Waals surface area contributed by atoms with Gasteiger partial charge < -0.3 is 9.88 Å². The molecule has 1 atom stereocenters. The van der Waals surface area contributed by atoms with Crippen LogP contribution in [0.1, 0.15) is 11.3 Å². The van der Waals surface area contributed by atoms with E-state index < -0.39 is 0 Å². The van der Waals surface area contributed by atoms with Crippen LogP contribution in [-0.4, -0.2) is 40.0 Å². The maximum atomic E-state index is 4.35. The average Bonchev–Trinajstić information content (AvgIpc) is 2.73. The van der Waals surface area contributed by atoms with E-state index in [2.05, 4.69) is 33.9 Å². The highest BCUT2D eigenvalue weighted by molar-refractivity contribution is 5.80. The van der Waals surface area contributed by atoms with Crippen LogP contribution in [0.15, 0.2) is 12.5 Å². The van der Waals surface area contributed by atoms with Gasteiger partial charge in [-0.3, -0.25) is 0 Å². The number of nitrogens with zero attached hydrogens (tertiary/aromatic N) is 3. The Kier molecular flexibility index (Phi) is 1.79. The third-order valence-corrected chi connectivity index (χ3v) is 3.26. The molecule has 3 rings (SSSR count). The van der Waals surface area contributed by atoms with E-state index in [4.69, 9.17) is 0 Å². The lowest BCUT2D eigenvalue weighted by molar-refractivity contribution is 0.303. The average molecular weight is 202 g/mol. The molecule has 0 saturated heterocycles. The van der Waals surface area contributed by atoms with E-state index in [1.54, 1.807) is 6.33 Å². The SMILES string of the molecule is CN(C)[C@@H]1Cc2[nH]c3cncnc3c2C1. The van der Waals surface area contributed by atoms with E-state index in [1.807, 2.05) is 6.20 Å². The molecule has 0 fully saturated rings. The minimum atomic E-state index is 0.616. The van der Waals surface area contributed by atoms with E-state index in [9.17, 15) is 0 Å². The van der Waals surface area contributed by atoms with Gasteiger partial charge in [0.15, 0.2) is 0 Å². The minimum absolute atomic E-state index is 0.616. The first kappa shape index (κ1) is 8.85. The Hall–Kier alpha value is -1.42. The van der Waals surface area contributed by atoms with E-state index in [0.717, 1.165) is 23.9 Å². The fraction of sp³-hybridized carbons (Fsp3) is 0.455. The lowest BCUT2D eigenvalue weighted by Crippen LogP contribution is -2.28. The molecule has 1 N–H and O–H groups in total. The van der Waals surface area contributed by atoms with Crippen molar-refractivity contribution in [2.24, 2.45) is 0 Å². The Bertz CT molecular complexity index is 500. The molecule has 0 spiro atoms. The van der Waals surface area contributed by atoms with Crippen molar-refractivity contribution in [2.45, 2.75) is 18.9 Å². The van der Waals surface area contributed by atoms with Gasteiger partial charge in [0.05, 0.1) is 17.2 Å². The summed E-state index contributed by atoms with van der Waals surface area (Å²) in [6.07, 6.45) is 5.67. The van der Waals surface area contributed by atoms with Gasteiger partial charge in [-0.1, -0.05) is 0 Å². The predicted octanol–water partition coefficient (Wildman–Crippen LogP) is 0.987. The number of hydrogen-bond acceptors (Lipinski definition) is 3. The summed E-state index contributed by atoms with van der Waals surface area (Å²) in [6, 6.07) is 0.616. The Morgan fingerprint density at radius 3 is 3.07 bits per heavy atom. The number of aromatic nitrogens is 3. The highest BCUT2D eigenvalue weighted by atomic mass is 15.1. The van der Waals surface area contributed by atoms with Crippen LogP contribution < -0.4 is 0 Å². The van der Waals surface area contributed by atoms with Crippen LogP contribution in [0.2, 0.25) is 0 Å². The van der Waals surface area contributed by atoms with Crippen LogP contribution in [0, 0.1) is 0 Å². The largest absolute Gasteiger partial charge is 0.356 e. The fourth-order valence-corrected chi connectivity index (χ4v) is 2.35. The van der Waals surface area contributed by atoms with Gasteiger partial charge >= 0.3 is 0 Å². The summed E-state index contributed by atoms with van der Waals surface area (Å²) in [6.45, 7) is 0. The lowest BCUT2D eigenvalue weighted by Gasteiger charge is -2.18. The third-order valence-electron chi connectivity index (χ3n) is 3.26. The molecule has 0 saturated carbocycles. The molecule has 0 aromatic carbocycles. The zero-order valence-corrected chi connectivity index (χ0v) is 8.99. The van der Waals surface area contributed by atoms with Crippen molar-refractivity contribution in [3.05, 3.63) is 23.8 Å². The van der Waals surface area contributed by atoms with Crippen LogP contribution in [0.3, 0.4) is 0 Å². The second-order valence-corrected chi connectivity index (χ2v) is 4.39. The molecule has 2 aromatic heterocycles. The zero-order valence-electron chi connectivity index (χ0n) is 8.99. The van der Waals surface area contributed by atoms with Gasteiger partial charge in [0.2, 0.25) is 0 Å². The predicted molar refractivity (Wildman–Crippen MR) is 58.8 cm³/mol. The van der Waals surface area contributed by atoms with Crippen LogP contribution in [0.4, 0.5) is 0 Å². The van der Waals surface area contributed by atoms with Crippen molar-refractivity contribution in [3.63, 3.8) is 0 Å². The topological polar surface area (TPSA) is 44.8 Å². The van der Waals surface area contributed by atoms with Crippen molar-refractivity contribution in [1.29, 1.82) is 0 Å². The second-order valence-electron chi connectivity index (χ2n) is 4.39. The van der Waals surface area contributed by atoms with Crippen molar-refractivity contribution in [3.8, 4) is 0 Å².